The maximum Gasteiger partial charge on any atom is 0.194 e. The van der Waals surface area contributed by atoms with Crippen LogP contribution in [0.15, 0.2) is 63.2 Å². The van der Waals surface area contributed by atoms with Crippen molar-refractivity contribution in [2.45, 2.75) is 53.0 Å². The van der Waals surface area contributed by atoms with E-state index < -0.39 is 10.8 Å². The number of Topliss-reactive ketones (excluding diaryl/α,β-unsaturated/α-hetero) is 1. The molecule has 0 spiro atoms. The number of ketones is 1. The highest BCUT2D eigenvalue weighted by Gasteiger charge is 2.09. The van der Waals surface area contributed by atoms with Gasteiger partial charge >= 0.3 is 0 Å². The van der Waals surface area contributed by atoms with Gasteiger partial charge in [-0.15, -0.1) is 0 Å². The lowest BCUT2D eigenvalue weighted by molar-refractivity contribution is -0.111. The molecule has 0 aromatic heterocycles. The number of rotatable bonds is 9. The van der Waals surface area contributed by atoms with Crippen molar-refractivity contribution in [3.8, 4) is 0 Å². The molecule has 0 fully saturated rings. The number of hydrogen-bond acceptors (Lipinski definition) is 4. The summed E-state index contributed by atoms with van der Waals surface area (Å²) in [7, 11) is -0.974. The minimum Gasteiger partial charge on any atom is -0.336 e. The van der Waals surface area contributed by atoms with Crippen molar-refractivity contribution in [3.63, 3.8) is 0 Å². The standard InChI is InChI=1S/C22H31N3O2S/c1-8-21(17(6)24-16(5)15(3)4)25-22(18(7)26)23-14-19-10-12-20(13-11-19)28(27)9-2/h8,10-13,15H,1,9,14H2,2-7H3,(H,23,25)/b21-17+,24-16?. The molecule has 1 N–H and O–H groups in total. The van der Waals surface area contributed by atoms with E-state index >= 15 is 0 Å². The lowest BCUT2D eigenvalue weighted by Crippen LogP contribution is -2.29. The third-order valence-electron chi connectivity index (χ3n) is 4.23. The molecule has 1 unspecified atom stereocenters. The van der Waals surface area contributed by atoms with Crippen molar-refractivity contribution in [2.75, 3.05) is 5.75 Å². The molecule has 0 radical (unpaired) electrons. The monoisotopic (exact) mass is 401 g/mol. The Labute approximate surface area is 171 Å². The smallest absolute Gasteiger partial charge is 0.194 e. The Hall–Kier alpha value is -2.34. The summed E-state index contributed by atoms with van der Waals surface area (Å²) in [6.45, 7) is 15.5. The summed E-state index contributed by atoms with van der Waals surface area (Å²) < 4.78 is 11.8. The van der Waals surface area contributed by atoms with Crippen LogP contribution in [0.25, 0.3) is 0 Å². The summed E-state index contributed by atoms with van der Waals surface area (Å²) in [6.07, 6.45) is 1.64. The largest absolute Gasteiger partial charge is 0.336 e. The number of carbonyl (C=O) groups excluding carboxylic acids is 1. The molecule has 0 saturated heterocycles. The maximum atomic E-state index is 12.0. The van der Waals surface area contributed by atoms with Crippen LogP contribution < -0.4 is 5.32 Å². The van der Waals surface area contributed by atoms with E-state index in [9.17, 15) is 9.00 Å². The number of hydrogen-bond donors (Lipinski definition) is 1. The SMILES string of the molecule is C=C/C(NC(=NCc1ccc(S(=O)CC)cc1)C(C)=O)=C(/C)N=C(C)C(C)C. The molecule has 0 heterocycles. The molecule has 5 nitrogen and oxygen atoms in total. The molecule has 0 aliphatic rings. The van der Waals surface area contributed by atoms with Crippen LogP contribution >= 0.6 is 0 Å². The average Bonchev–Trinajstić information content (AvgIpc) is 2.67. The first-order valence-corrected chi connectivity index (χ1v) is 10.7. The number of amidine groups is 1. The van der Waals surface area contributed by atoms with E-state index in [4.69, 9.17) is 0 Å². The number of nitrogens with zero attached hydrogens (tertiary/aromatic N) is 2. The van der Waals surface area contributed by atoms with Crippen LogP contribution in [-0.4, -0.2) is 27.3 Å². The van der Waals surface area contributed by atoms with Gasteiger partial charge in [-0.1, -0.05) is 39.5 Å². The second kappa shape index (κ2) is 11.5. The lowest BCUT2D eigenvalue weighted by Gasteiger charge is -2.12. The molecule has 0 aliphatic heterocycles. The number of benzene rings is 1. The molecule has 0 bridgehead atoms. The van der Waals surface area contributed by atoms with Crippen LogP contribution in [0.1, 0.15) is 47.1 Å². The van der Waals surface area contributed by atoms with Crippen molar-refractivity contribution < 1.29 is 9.00 Å². The molecule has 152 valence electrons. The number of nitrogens with one attached hydrogen (secondary N) is 1. The second-order valence-electron chi connectivity index (χ2n) is 6.74. The van der Waals surface area contributed by atoms with Gasteiger partial charge in [0.05, 0.1) is 28.7 Å². The topological polar surface area (TPSA) is 70.9 Å². The Morgan fingerprint density at radius 3 is 2.29 bits per heavy atom. The van der Waals surface area contributed by atoms with E-state index in [2.05, 4.69) is 35.7 Å². The van der Waals surface area contributed by atoms with Crippen LogP contribution in [-0.2, 0) is 22.1 Å². The van der Waals surface area contributed by atoms with Crippen molar-refractivity contribution in [1.29, 1.82) is 0 Å². The maximum absolute atomic E-state index is 12.0. The summed E-state index contributed by atoms with van der Waals surface area (Å²) in [5.74, 6) is 1.02. The van der Waals surface area contributed by atoms with Crippen LogP contribution in [0, 0.1) is 5.92 Å². The minimum atomic E-state index is -0.974. The van der Waals surface area contributed by atoms with Crippen LogP contribution in [0.5, 0.6) is 0 Å². The van der Waals surface area contributed by atoms with Gasteiger partial charge in [0.15, 0.2) is 11.6 Å². The Kier molecular flexibility index (Phi) is 9.73. The van der Waals surface area contributed by atoms with E-state index in [1.54, 1.807) is 6.08 Å². The first kappa shape index (κ1) is 23.7. The summed E-state index contributed by atoms with van der Waals surface area (Å²) in [4.78, 5) is 21.8. The quantitative estimate of drug-likeness (QED) is 0.378. The summed E-state index contributed by atoms with van der Waals surface area (Å²) in [6, 6.07) is 7.45. The second-order valence-corrected chi connectivity index (χ2v) is 8.48. The summed E-state index contributed by atoms with van der Waals surface area (Å²) >= 11 is 0. The molecular formula is C22H31N3O2S. The zero-order chi connectivity index (χ0) is 21.3. The van der Waals surface area contributed by atoms with E-state index in [-0.39, 0.29) is 11.6 Å². The highest BCUT2D eigenvalue weighted by molar-refractivity contribution is 7.85. The Morgan fingerprint density at radius 2 is 1.82 bits per heavy atom. The van der Waals surface area contributed by atoms with Crippen molar-refractivity contribution in [3.05, 3.63) is 53.9 Å². The molecule has 0 amide bonds. The Balaban J connectivity index is 3.03. The van der Waals surface area contributed by atoms with Crippen molar-refractivity contribution >= 4 is 28.1 Å². The third-order valence-corrected chi connectivity index (χ3v) is 5.55. The number of allylic oxidation sites excluding steroid dienone is 2. The zero-order valence-electron chi connectivity index (χ0n) is 17.7. The van der Waals surface area contributed by atoms with Gasteiger partial charge in [0, 0.05) is 23.3 Å². The number of aliphatic imine (C=N–C) groups is 2. The molecule has 0 aliphatic carbocycles. The molecule has 1 aromatic carbocycles. The van der Waals surface area contributed by atoms with Gasteiger partial charge in [0.2, 0.25) is 0 Å². The highest BCUT2D eigenvalue weighted by Crippen LogP contribution is 2.11. The Morgan fingerprint density at radius 1 is 1.21 bits per heavy atom. The van der Waals surface area contributed by atoms with Gasteiger partial charge in [-0.2, -0.15) is 0 Å². The van der Waals surface area contributed by atoms with Crippen LogP contribution in [0.3, 0.4) is 0 Å². The summed E-state index contributed by atoms with van der Waals surface area (Å²) in [5, 5.41) is 3.06. The van der Waals surface area contributed by atoms with Crippen molar-refractivity contribution in [2.24, 2.45) is 15.9 Å². The van der Waals surface area contributed by atoms with E-state index in [1.807, 2.05) is 45.0 Å². The lowest BCUT2D eigenvalue weighted by atomic mass is 10.1. The van der Waals surface area contributed by atoms with Gasteiger partial charge in [0.1, 0.15) is 0 Å². The molecule has 1 aromatic rings. The fourth-order valence-electron chi connectivity index (χ4n) is 2.19. The molecule has 0 saturated carbocycles. The molecule has 6 heteroatoms. The van der Waals surface area contributed by atoms with Crippen molar-refractivity contribution in [1.82, 2.24) is 5.32 Å². The van der Waals surface area contributed by atoms with Gasteiger partial charge in [-0.3, -0.25) is 19.0 Å². The van der Waals surface area contributed by atoms with E-state index in [1.165, 1.54) is 6.92 Å². The first-order chi connectivity index (χ1) is 13.2. The number of carbonyl (C=O) groups is 1. The first-order valence-electron chi connectivity index (χ1n) is 9.37. The van der Waals surface area contributed by atoms with Gasteiger partial charge < -0.3 is 5.32 Å². The normalized spacial score (nSPS) is 14.5. The molecule has 1 rings (SSSR count). The molecular weight excluding hydrogens is 370 g/mol. The van der Waals surface area contributed by atoms with E-state index in [0.717, 1.165) is 21.9 Å². The van der Waals surface area contributed by atoms with Gasteiger partial charge in [0.25, 0.3) is 0 Å². The highest BCUT2D eigenvalue weighted by atomic mass is 32.2. The zero-order valence-corrected chi connectivity index (χ0v) is 18.5. The third kappa shape index (κ3) is 7.35. The molecule has 1 atom stereocenters. The van der Waals surface area contributed by atoms with Crippen LogP contribution in [0.4, 0.5) is 0 Å². The average molecular weight is 402 g/mol. The molecule has 28 heavy (non-hydrogen) atoms. The summed E-state index contributed by atoms with van der Waals surface area (Å²) in [5.41, 5.74) is 3.35. The van der Waals surface area contributed by atoms with Gasteiger partial charge in [-0.05, 0) is 43.5 Å². The van der Waals surface area contributed by atoms with Gasteiger partial charge in [-0.25, -0.2) is 0 Å². The van der Waals surface area contributed by atoms with E-state index in [0.29, 0.717) is 23.9 Å². The fraction of sp³-hybridized carbons (Fsp3) is 0.409. The minimum absolute atomic E-state index is 0.166. The fourth-order valence-corrected chi connectivity index (χ4v) is 2.97. The Bertz CT molecular complexity index is 819. The predicted molar refractivity (Wildman–Crippen MR) is 119 cm³/mol. The predicted octanol–water partition coefficient (Wildman–Crippen LogP) is 4.43. The van der Waals surface area contributed by atoms with Crippen LogP contribution in [0.2, 0.25) is 0 Å².